The van der Waals surface area contributed by atoms with Gasteiger partial charge in [0.2, 0.25) is 0 Å². The molecule has 110 valence electrons. The fourth-order valence-corrected chi connectivity index (χ4v) is 2.71. The zero-order chi connectivity index (χ0) is 15.4. The first-order chi connectivity index (χ1) is 10.7. The van der Waals surface area contributed by atoms with Crippen LogP contribution in [0.1, 0.15) is 15.9 Å². The zero-order valence-corrected chi connectivity index (χ0v) is 12.4. The molecule has 0 radical (unpaired) electrons. The first kappa shape index (κ1) is 14.4. The van der Waals surface area contributed by atoms with Crippen molar-refractivity contribution in [1.82, 2.24) is 10.3 Å². The molecule has 0 spiro atoms. The first-order valence-corrected chi connectivity index (χ1v) is 7.68. The van der Waals surface area contributed by atoms with E-state index in [9.17, 15) is 9.18 Å². The van der Waals surface area contributed by atoms with Crippen LogP contribution in [0.25, 0.3) is 11.3 Å². The van der Waals surface area contributed by atoms with Crippen molar-refractivity contribution >= 4 is 17.2 Å². The quantitative estimate of drug-likeness (QED) is 0.794. The van der Waals surface area contributed by atoms with E-state index in [1.165, 1.54) is 6.07 Å². The van der Waals surface area contributed by atoms with Gasteiger partial charge in [0.1, 0.15) is 5.82 Å². The second-order valence-electron chi connectivity index (χ2n) is 4.72. The SMILES string of the molecule is O=C(NCc1ccccc1F)c1ccnc(-c2ccsc2)c1. The summed E-state index contributed by atoms with van der Waals surface area (Å²) < 4.78 is 13.5. The van der Waals surface area contributed by atoms with Crippen molar-refractivity contribution in [2.24, 2.45) is 0 Å². The predicted octanol–water partition coefficient (Wildman–Crippen LogP) is 3.88. The topological polar surface area (TPSA) is 42.0 Å². The molecule has 0 aliphatic rings. The number of benzene rings is 1. The smallest absolute Gasteiger partial charge is 0.251 e. The second-order valence-corrected chi connectivity index (χ2v) is 5.50. The van der Waals surface area contributed by atoms with E-state index in [1.54, 1.807) is 47.9 Å². The zero-order valence-electron chi connectivity index (χ0n) is 11.6. The van der Waals surface area contributed by atoms with Gasteiger partial charge in [0.15, 0.2) is 0 Å². The van der Waals surface area contributed by atoms with Gasteiger partial charge in [0.05, 0.1) is 5.69 Å². The monoisotopic (exact) mass is 312 g/mol. The highest BCUT2D eigenvalue weighted by Crippen LogP contribution is 2.20. The Balaban J connectivity index is 1.73. The average molecular weight is 312 g/mol. The molecule has 0 saturated heterocycles. The molecule has 1 aromatic carbocycles. The number of carbonyl (C=O) groups is 1. The lowest BCUT2D eigenvalue weighted by Crippen LogP contribution is -2.23. The number of thiophene rings is 1. The lowest BCUT2D eigenvalue weighted by atomic mass is 10.1. The van der Waals surface area contributed by atoms with E-state index < -0.39 is 0 Å². The van der Waals surface area contributed by atoms with Crippen LogP contribution in [0.5, 0.6) is 0 Å². The molecule has 0 fully saturated rings. The number of aromatic nitrogens is 1. The second kappa shape index (κ2) is 6.49. The van der Waals surface area contributed by atoms with Crippen LogP contribution in [0.3, 0.4) is 0 Å². The summed E-state index contributed by atoms with van der Waals surface area (Å²) in [4.78, 5) is 16.5. The number of halogens is 1. The molecule has 0 unspecified atom stereocenters. The van der Waals surface area contributed by atoms with Crippen LogP contribution in [0.2, 0.25) is 0 Å². The number of carbonyl (C=O) groups excluding carboxylic acids is 1. The fourth-order valence-electron chi connectivity index (χ4n) is 2.06. The average Bonchev–Trinajstić information content (AvgIpc) is 3.08. The number of pyridine rings is 1. The maximum atomic E-state index is 13.5. The third-order valence-corrected chi connectivity index (χ3v) is 3.92. The molecule has 1 amide bonds. The van der Waals surface area contributed by atoms with Crippen LogP contribution in [0.4, 0.5) is 4.39 Å². The summed E-state index contributed by atoms with van der Waals surface area (Å²) in [6.45, 7) is 0.154. The van der Waals surface area contributed by atoms with Gasteiger partial charge in [-0.05, 0) is 29.6 Å². The minimum Gasteiger partial charge on any atom is -0.348 e. The largest absolute Gasteiger partial charge is 0.348 e. The van der Waals surface area contributed by atoms with Crippen molar-refractivity contribution in [1.29, 1.82) is 0 Å². The summed E-state index contributed by atoms with van der Waals surface area (Å²) in [6, 6.07) is 11.7. The molecule has 22 heavy (non-hydrogen) atoms. The molecule has 0 saturated carbocycles. The van der Waals surface area contributed by atoms with Crippen molar-refractivity contribution in [3.8, 4) is 11.3 Å². The number of hydrogen-bond acceptors (Lipinski definition) is 3. The molecule has 2 heterocycles. The fraction of sp³-hybridized carbons (Fsp3) is 0.0588. The highest BCUT2D eigenvalue weighted by Gasteiger charge is 2.09. The van der Waals surface area contributed by atoms with E-state index >= 15 is 0 Å². The Kier molecular flexibility index (Phi) is 4.25. The van der Waals surface area contributed by atoms with Crippen LogP contribution in [-0.4, -0.2) is 10.9 Å². The van der Waals surface area contributed by atoms with E-state index in [4.69, 9.17) is 0 Å². The third kappa shape index (κ3) is 3.20. The van der Waals surface area contributed by atoms with Gasteiger partial charge in [-0.15, -0.1) is 0 Å². The van der Waals surface area contributed by atoms with Crippen molar-refractivity contribution in [2.45, 2.75) is 6.54 Å². The Morgan fingerprint density at radius 1 is 1.23 bits per heavy atom. The molecule has 3 aromatic rings. The molecule has 5 heteroatoms. The molecule has 0 aliphatic carbocycles. The Hall–Kier alpha value is -2.53. The number of nitrogens with zero attached hydrogens (tertiary/aromatic N) is 1. The van der Waals surface area contributed by atoms with Crippen molar-refractivity contribution in [3.63, 3.8) is 0 Å². The van der Waals surface area contributed by atoms with Gasteiger partial charge in [-0.3, -0.25) is 9.78 Å². The maximum absolute atomic E-state index is 13.5. The number of amides is 1. The van der Waals surface area contributed by atoms with E-state index in [2.05, 4.69) is 10.3 Å². The van der Waals surface area contributed by atoms with Crippen LogP contribution in [-0.2, 0) is 6.54 Å². The molecule has 3 nitrogen and oxygen atoms in total. The summed E-state index contributed by atoms with van der Waals surface area (Å²) in [5.74, 6) is -0.571. The van der Waals surface area contributed by atoms with Crippen LogP contribution >= 0.6 is 11.3 Å². The van der Waals surface area contributed by atoms with E-state index in [0.29, 0.717) is 11.1 Å². The van der Waals surface area contributed by atoms with Gasteiger partial charge in [-0.2, -0.15) is 11.3 Å². The maximum Gasteiger partial charge on any atom is 0.251 e. The highest BCUT2D eigenvalue weighted by atomic mass is 32.1. The molecular formula is C17H13FN2OS. The normalized spacial score (nSPS) is 10.4. The van der Waals surface area contributed by atoms with Crippen LogP contribution in [0, 0.1) is 5.82 Å². The Morgan fingerprint density at radius 3 is 2.86 bits per heavy atom. The number of nitrogens with one attached hydrogen (secondary N) is 1. The Morgan fingerprint density at radius 2 is 2.09 bits per heavy atom. The molecule has 1 N–H and O–H groups in total. The minimum atomic E-state index is -0.323. The van der Waals surface area contributed by atoms with Crippen molar-refractivity contribution in [2.75, 3.05) is 0 Å². The van der Waals surface area contributed by atoms with Crippen molar-refractivity contribution < 1.29 is 9.18 Å². The number of rotatable bonds is 4. The van der Waals surface area contributed by atoms with Gasteiger partial charge in [-0.25, -0.2) is 4.39 Å². The van der Waals surface area contributed by atoms with E-state index in [-0.39, 0.29) is 18.3 Å². The van der Waals surface area contributed by atoms with Crippen LogP contribution < -0.4 is 5.32 Å². The third-order valence-electron chi connectivity index (χ3n) is 3.24. The molecule has 0 atom stereocenters. The van der Waals surface area contributed by atoms with Gasteiger partial charge in [0.25, 0.3) is 5.91 Å². The summed E-state index contributed by atoms with van der Waals surface area (Å²) in [5.41, 5.74) is 2.70. The molecule has 2 aromatic heterocycles. The molecule has 3 rings (SSSR count). The van der Waals surface area contributed by atoms with Crippen molar-refractivity contribution in [3.05, 3.63) is 76.4 Å². The molecular weight excluding hydrogens is 299 g/mol. The van der Waals surface area contributed by atoms with E-state index in [1.807, 2.05) is 16.8 Å². The molecule has 0 bridgehead atoms. The van der Waals surface area contributed by atoms with Gasteiger partial charge in [-0.1, -0.05) is 18.2 Å². The summed E-state index contributed by atoms with van der Waals surface area (Å²) in [7, 11) is 0. The summed E-state index contributed by atoms with van der Waals surface area (Å²) in [6.07, 6.45) is 1.60. The Labute approximate surface area is 131 Å². The summed E-state index contributed by atoms with van der Waals surface area (Å²) in [5, 5.41) is 6.66. The lowest BCUT2D eigenvalue weighted by molar-refractivity contribution is 0.0950. The predicted molar refractivity (Wildman–Crippen MR) is 85.1 cm³/mol. The van der Waals surface area contributed by atoms with E-state index in [0.717, 1.165) is 11.3 Å². The first-order valence-electron chi connectivity index (χ1n) is 6.74. The lowest BCUT2D eigenvalue weighted by Gasteiger charge is -2.07. The van der Waals surface area contributed by atoms with Gasteiger partial charge < -0.3 is 5.32 Å². The molecule has 0 aliphatic heterocycles. The number of hydrogen-bond donors (Lipinski definition) is 1. The van der Waals surface area contributed by atoms with Crippen LogP contribution in [0.15, 0.2) is 59.4 Å². The highest BCUT2D eigenvalue weighted by molar-refractivity contribution is 7.08. The standard InChI is InChI=1S/C17H13FN2OS/c18-15-4-2-1-3-13(15)10-20-17(21)12-5-7-19-16(9-12)14-6-8-22-11-14/h1-9,11H,10H2,(H,20,21). The summed E-state index contributed by atoms with van der Waals surface area (Å²) >= 11 is 1.58. The Bertz CT molecular complexity index is 787. The van der Waals surface area contributed by atoms with Gasteiger partial charge in [0, 0.05) is 34.8 Å². The van der Waals surface area contributed by atoms with Gasteiger partial charge >= 0.3 is 0 Å². The minimum absolute atomic E-state index is 0.154.